The predicted octanol–water partition coefficient (Wildman–Crippen LogP) is 2.94. The Morgan fingerprint density at radius 1 is 1.22 bits per heavy atom. The largest absolute Gasteiger partial charge is 0.384 e. The summed E-state index contributed by atoms with van der Waals surface area (Å²) in [5.41, 5.74) is 0.277. The topological polar surface area (TPSA) is 65.1 Å². The number of H-pyrrole nitrogens is 1. The van der Waals surface area contributed by atoms with Gasteiger partial charge in [0.1, 0.15) is 11.4 Å². The van der Waals surface area contributed by atoms with Gasteiger partial charge in [-0.05, 0) is 24.6 Å². The van der Waals surface area contributed by atoms with Crippen molar-refractivity contribution in [2.24, 2.45) is 0 Å². The van der Waals surface area contributed by atoms with Crippen molar-refractivity contribution in [3.05, 3.63) is 71.7 Å². The number of aromatic amines is 1. The molecule has 118 valence electrons. The SMILES string of the molecule is CC(O)(CNC(=O)c1c[nH]c2cccc(F)c12)c1ccccc1. The van der Waals surface area contributed by atoms with Crippen molar-refractivity contribution in [3.63, 3.8) is 0 Å². The number of carbonyl (C=O) groups excluding carboxylic acids is 1. The number of hydrogen-bond donors (Lipinski definition) is 3. The molecule has 0 saturated heterocycles. The van der Waals surface area contributed by atoms with Gasteiger partial charge in [0.05, 0.1) is 12.1 Å². The van der Waals surface area contributed by atoms with Crippen molar-refractivity contribution in [1.29, 1.82) is 0 Å². The summed E-state index contributed by atoms with van der Waals surface area (Å²) in [7, 11) is 0. The van der Waals surface area contributed by atoms with Gasteiger partial charge in [0, 0.05) is 17.1 Å². The van der Waals surface area contributed by atoms with Crippen LogP contribution in [0.5, 0.6) is 0 Å². The molecule has 1 heterocycles. The Kier molecular flexibility index (Phi) is 3.88. The van der Waals surface area contributed by atoms with E-state index in [4.69, 9.17) is 0 Å². The van der Waals surface area contributed by atoms with Crippen LogP contribution in [0, 0.1) is 5.82 Å². The molecule has 0 aliphatic carbocycles. The number of halogens is 1. The molecule has 3 rings (SSSR count). The highest BCUT2D eigenvalue weighted by atomic mass is 19.1. The lowest BCUT2D eigenvalue weighted by Crippen LogP contribution is -2.38. The quantitative estimate of drug-likeness (QED) is 0.693. The van der Waals surface area contributed by atoms with E-state index in [1.807, 2.05) is 18.2 Å². The molecule has 4 nitrogen and oxygen atoms in total. The standard InChI is InChI=1S/C18H17FN2O2/c1-18(23,12-6-3-2-4-7-12)11-21-17(22)13-10-20-15-9-5-8-14(19)16(13)15/h2-10,20,23H,11H2,1H3,(H,21,22). The molecule has 1 atom stereocenters. The van der Waals surface area contributed by atoms with E-state index in [2.05, 4.69) is 10.3 Å². The number of aromatic nitrogens is 1. The second-order valence-electron chi connectivity index (χ2n) is 5.69. The van der Waals surface area contributed by atoms with Gasteiger partial charge in [-0.25, -0.2) is 4.39 Å². The number of hydrogen-bond acceptors (Lipinski definition) is 2. The van der Waals surface area contributed by atoms with Gasteiger partial charge in [-0.15, -0.1) is 0 Å². The van der Waals surface area contributed by atoms with Crippen LogP contribution in [0.3, 0.4) is 0 Å². The van der Waals surface area contributed by atoms with Crippen LogP contribution in [0.4, 0.5) is 4.39 Å². The first kappa shape index (κ1) is 15.2. The van der Waals surface area contributed by atoms with Crippen molar-refractivity contribution in [2.75, 3.05) is 6.54 Å². The highest BCUT2D eigenvalue weighted by Gasteiger charge is 2.24. The maximum absolute atomic E-state index is 13.9. The Labute approximate surface area is 133 Å². The number of benzene rings is 2. The van der Waals surface area contributed by atoms with Gasteiger partial charge in [-0.2, -0.15) is 0 Å². The number of aliphatic hydroxyl groups is 1. The maximum Gasteiger partial charge on any atom is 0.253 e. The van der Waals surface area contributed by atoms with E-state index in [1.54, 1.807) is 31.2 Å². The molecule has 0 radical (unpaired) electrons. The summed E-state index contributed by atoms with van der Waals surface area (Å²) >= 11 is 0. The first-order valence-corrected chi connectivity index (χ1v) is 7.31. The van der Waals surface area contributed by atoms with Crippen LogP contribution in [0.2, 0.25) is 0 Å². The van der Waals surface area contributed by atoms with E-state index in [1.165, 1.54) is 12.3 Å². The Morgan fingerprint density at radius 2 is 1.96 bits per heavy atom. The lowest BCUT2D eigenvalue weighted by molar-refractivity contribution is 0.0527. The molecular weight excluding hydrogens is 295 g/mol. The fourth-order valence-corrected chi connectivity index (χ4v) is 2.57. The number of nitrogens with one attached hydrogen (secondary N) is 2. The fraction of sp³-hybridized carbons (Fsp3) is 0.167. The zero-order valence-electron chi connectivity index (χ0n) is 12.6. The summed E-state index contributed by atoms with van der Waals surface area (Å²) in [6.07, 6.45) is 1.47. The van der Waals surface area contributed by atoms with Crippen molar-refractivity contribution in [2.45, 2.75) is 12.5 Å². The van der Waals surface area contributed by atoms with Gasteiger partial charge in [0.15, 0.2) is 0 Å². The molecule has 0 bridgehead atoms. The second kappa shape index (κ2) is 5.85. The van der Waals surface area contributed by atoms with Gasteiger partial charge in [-0.3, -0.25) is 4.79 Å². The number of rotatable bonds is 4. The number of carbonyl (C=O) groups is 1. The van der Waals surface area contributed by atoms with E-state index in [-0.39, 0.29) is 17.5 Å². The van der Waals surface area contributed by atoms with Crippen LogP contribution < -0.4 is 5.32 Å². The third kappa shape index (κ3) is 2.96. The van der Waals surface area contributed by atoms with Crippen molar-refractivity contribution >= 4 is 16.8 Å². The minimum atomic E-state index is -1.21. The van der Waals surface area contributed by atoms with Crippen molar-refractivity contribution in [1.82, 2.24) is 10.3 Å². The molecule has 3 N–H and O–H groups in total. The summed E-state index contributed by atoms with van der Waals surface area (Å²) in [6, 6.07) is 13.7. The number of amides is 1. The predicted molar refractivity (Wildman–Crippen MR) is 86.6 cm³/mol. The van der Waals surface area contributed by atoms with Gasteiger partial charge >= 0.3 is 0 Å². The molecule has 0 saturated carbocycles. The van der Waals surface area contributed by atoms with E-state index < -0.39 is 17.3 Å². The van der Waals surface area contributed by atoms with E-state index in [9.17, 15) is 14.3 Å². The summed E-state index contributed by atoms with van der Waals surface area (Å²) < 4.78 is 13.9. The normalized spacial score (nSPS) is 13.7. The van der Waals surface area contributed by atoms with Gasteiger partial charge in [0.25, 0.3) is 5.91 Å². The van der Waals surface area contributed by atoms with Crippen LogP contribution in [0.25, 0.3) is 10.9 Å². The highest BCUT2D eigenvalue weighted by molar-refractivity contribution is 6.06. The molecular formula is C18H17FN2O2. The molecule has 2 aromatic carbocycles. The molecule has 1 aromatic heterocycles. The van der Waals surface area contributed by atoms with E-state index >= 15 is 0 Å². The molecule has 5 heteroatoms. The fourth-order valence-electron chi connectivity index (χ4n) is 2.57. The molecule has 1 amide bonds. The van der Waals surface area contributed by atoms with Crippen LogP contribution in [0.1, 0.15) is 22.8 Å². The van der Waals surface area contributed by atoms with Crippen molar-refractivity contribution < 1.29 is 14.3 Å². The Balaban J connectivity index is 1.79. The van der Waals surface area contributed by atoms with E-state index in [0.717, 1.165) is 0 Å². The lowest BCUT2D eigenvalue weighted by atomic mass is 9.96. The Morgan fingerprint density at radius 3 is 2.70 bits per heavy atom. The maximum atomic E-state index is 13.9. The smallest absolute Gasteiger partial charge is 0.253 e. The minimum Gasteiger partial charge on any atom is -0.384 e. The molecule has 23 heavy (non-hydrogen) atoms. The Bertz CT molecular complexity index is 841. The number of fused-ring (bicyclic) bond motifs is 1. The average molecular weight is 312 g/mol. The van der Waals surface area contributed by atoms with Gasteiger partial charge in [0.2, 0.25) is 0 Å². The molecule has 0 spiro atoms. The molecule has 1 unspecified atom stereocenters. The molecule has 0 fully saturated rings. The molecule has 0 aliphatic rings. The zero-order chi connectivity index (χ0) is 16.4. The summed E-state index contributed by atoms with van der Waals surface area (Å²) in [5, 5.41) is 13.4. The van der Waals surface area contributed by atoms with Gasteiger partial charge in [-0.1, -0.05) is 36.4 Å². The third-order valence-electron chi connectivity index (χ3n) is 3.89. The first-order valence-electron chi connectivity index (χ1n) is 7.31. The van der Waals surface area contributed by atoms with E-state index in [0.29, 0.717) is 11.1 Å². The minimum absolute atomic E-state index is 0.0248. The average Bonchev–Trinajstić information content (AvgIpc) is 2.99. The summed E-state index contributed by atoms with van der Waals surface area (Å²) in [4.78, 5) is 15.2. The van der Waals surface area contributed by atoms with Crippen LogP contribution in [-0.4, -0.2) is 22.5 Å². The third-order valence-corrected chi connectivity index (χ3v) is 3.89. The summed E-state index contributed by atoms with van der Waals surface area (Å²) in [6.45, 7) is 1.65. The first-order chi connectivity index (χ1) is 11.0. The Hall–Kier alpha value is -2.66. The zero-order valence-corrected chi connectivity index (χ0v) is 12.6. The summed E-state index contributed by atoms with van der Waals surface area (Å²) in [5.74, 6) is -0.888. The highest BCUT2D eigenvalue weighted by Crippen LogP contribution is 2.22. The van der Waals surface area contributed by atoms with Crippen LogP contribution in [0.15, 0.2) is 54.7 Å². The van der Waals surface area contributed by atoms with Crippen LogP contribution >= 0.6 is 0 Å². The second-order valence-corrected chi connectivity index (χ2v) is 5.69. The van der Waals surface area contributed by atoms with Gasteiger partial charge < -0.3 is 15.4 Å². The lowest BCUT2D eigenvalue weighted by Gasteiger charge is -2.24. The monoisotopic (exact) mass is 312 g/mol. The van der Waals surface area contributed by atoms with Crippen LogP contribution in [-0.2, 0) is 5.60 Å². The molecule has 3 aromatic rings. The molecule has 0 aliphatic heterocycles. The van der Waals surface area contributed by atoms with Crippen molar-refractivity contribution in [3.8, 4) is 0 Å².